The molecular formula is C16H16N2O2S. The second-order valence-electron chi connectivity index (χ2n) is 5.24. The van der Waals surface area contributed by atoms with Crippen LogP contribution in [0.1, 0.15) is 6.92 Å². The molecule has 1 heterocycles. The van der Waals surface area contributed by atoms with Crippen LogP contribution >= 0.6 is 0 Å². The summed E-state index contributed by atoms with van der Waals surface area (Å²) in [6, 6.07) is 13.2. The standard InChI is InChI=1S/C16H16N2O2S/c1-11-10-17-16-9-13(5-8-15(16)18-11)12-3-6-14(7-4-12)21(2,19)20/h3-11,18H,1-2H3. The summed E-state index contributed by atoms with van der Waals surface area (Å²) in [7, 11) is -3.16. The molecule has 0 aromatic heterocycles. The summed E-state index contributed by atoms with van der Waals surface area (Å²) in [6.07, 6.45) is 3.08. The zero-order valence-corrected chi connectivity index (χ0v) is 12.7. The van der Waals surface area contributed by atoms with Crippen molar-refractivity contribution in [1.82, 2.24) is 0 Å². The van der Waals surface area contributed by atoms with Crippen molar-refractivity contribution in [3.8, 4) is 11.1 Å². The van der Waals surface area contributed by atoms with Gasteiger partial charge < -0.3 is 5.32 Å². The maximum absolute atomic E-state index is 11.5. The number of hydrogen-bond acceptors (Lipinski definition) is 4. The van der Waals surface area contributed by atoms with E-state index in [1.807, 2.05) is 43.5 Å². The van der Waals surface area contributed by atoms with Gasteiger partial charge in [0.2, 0.25) is 0 Å². The van der Waals surface area contributed by atoms with Crippen LogP contribution in [0.15, 0.2) is 52.4 Å². The fourth-order valence-electron chi connectivity index (χ4n) is 2.31. The Labute approximate surface area is 124 Å². The minimum absolute atomic E-state index is 0.234. The average Bonchev–Trinajstić information content (AvgIpc) is 2.46. The second kappa shape index (κ2) is 5.00. The summed E-state index contributed by atoms with van der Waals surface area (Å²) in [5.41, 5.74) is 3.90. The molecular weight excluding hydrogens is 284 g/mol. The Hall–Kier alpha value is -2.14. The number of rotatable bonds is 2. The summed E-state index contributed by atoms with van der Waals surface area (Å²) in [4.78, 5) is 4.76. The minimum Gasteiger partial charge on any atom is -0.376 e. The van der Waals surface area contributed by atoms with Gasteiger partial charge in [-0.05, 0) is 42.3 Å². The Morgan fingerprint density at radius 2 is 1.71 bits per heavy atom. The van der Waals surface area contributed by atoms with Crippen LogP contribution in [0.2, 0.25) is 0 Å². The fourth-order valence-corrected chi connectivity index (χ4v) is 2.94. The Balaban J connectivity index is 1.97. The fraction of sp³-hybridized carbons (Fsp3) is 0.188. The SMILES string of the molecule is CC1C=Nc2cc(-c3ccc(S(C)(=O)=O)cc3)ccc2N1. The van der Waals surface area contributed by atoms with Crippen LogP contribution in [0.5, 0.6) is 0 Å². The maximum atomic E-state index is 11.5. The van der Waals surface area contributed by atoms with Crippen molar-refractivity contribution in [2.24, 2.45) is 4.99 Å². The van der Waals surface area contributed by atoms with E-state index in [1.165, 1.54) is 6.26 Å². The van der Waals surface area contributed by atoms with Gasteiger partial charge >= 0.3 is 0 Å². The summed E-state index contributed by atoms with van der Waals surface area (Å²) in [6.45, 7) is 2.05. The number of anilines is 1. The summed E-state index contributed by atoms with van der Waals surface area (Å²) < 4.78 is 23.0. The van der Waals surface area contributed by atoms with Gasteiger partial charge in [-0.25, -0.2) is 8.42 Å². The van der Waals surface area contributed by atoms with Gasteiger partial charge in [0.25, 0.3) is 0 Å². The average molecular weight is 300 g/mol. The highest BCUT2D eigenvalue weighted by Crippen LogP contribution is 2.33. The molecule has 4 nitrogen and oxygen atoms in total. The number of fused-ring (bicyclic) bond motifs is 1. The molecule has 1 aliphatic heterocycles. The van der Waals surface area contributed by atoms with Crippen molar-refractivity contribution in [3.05, 3.63) is 42.5 Å². The maximum Gasteiger partial charge on any atom is 0.175 e. The Morgan fingerprint density at radius 3 is 2.38 bits per heavy atom. The van der Waals surface area contributed by atoms with E-state index >= 15 is 0 Å². The van der Waals surface area contributed by atoms with E-state index in [0.29, 0.717) is 4.90 Å². The lowest BCUT2D eigenvalue weighted by Gasteiger charge is -2.18. The summed E-state index contributed by atoms with van der Waals surface area (Å²) in [5, 5.41) is 3.34. The molecule has 0 aliphatic carbocycles. The van der Waals surface area contributed by atoms with Crippen LogP contribution in [-0.2, 0) is 9.84 Å². The van der Waals surface area contributed by atoms with Gasteiger partial charge in [0, 0.05) is 12.5 Å². The van der Waals surface area contributed by atoms with Crippen LogP contribution < -0.4 is 5.32 Å². The number of nitrogens with one attached hydrogen (secondary N) is 1. The number of benzene rings is 2. The van der Waals surface area contributed by atoms with Crippen molar-refractivity contribution in [2.45, 2.75) is 17.9 Å². The molecule has 1 aliphatic rings. The first-order valence-corrected chi connectivity index (χ1v) is 8.58. The minimum atomic E-state index is -3.16. The topological polar surface area (TPSA) is 58.5 Å². The summed E-state index contributed by atoms with van der Waals surface area (Å²) >= 11 is 0. The van der Waals surface area contributed by atoms with Gasteiger partial charge in [0.15, 0.2) is 9.84 Å². The van der Waals surface area contributed by atoms with Crippen LogP contribution in [0.4, 0.5) is 11.4 Å². The van der Waals surface area contributed by atoms with E-state index in [9.17, 15) is 8.42 Å². The van der Waals surface area contributed by atoms with Crippen molar-refractivity contribution >= 4 is 27.4 Å². The highest BCUT2D eigenvalue weighted by molar-refractivity contribution is 7.90. The van der Waals surface area contributed by atoms with E-state index in [0.717, 1.165) is 22.5 Å². The van der Waals surface area contributed by atoms with E-state index in [4.69, 9.17) is 0 Å². The smallest absolute Gasteiger partial charge is 0.175 e. The summed E-state index contributed by atoms with van der Waals surface area (Å²) in [5.74, 6) is 0. The molecule has 108 valence electrons. The quantitative estimate of drug-likeness (QED) is 0.926. The van der Waals surface area contributed by atoms with Gasteiger partial charge in [-0.2, -0.15) is 0 Å². The molecule has 1 N–H and O–H groups in total. The lowest BCUT2D eigenvalue weighted by Crippen LogP contribution is -2.19. The Morgan fingerprint density at radius 1 is 1.05 bits per heavy atom. The van der Waals surface area contributed by atoms with E-state index in [1.54, 1.807) is 12.1 Å². The molecule has 0 saturated heterocycles. The molecule has 1 unspecified atom stereocenters. The van der Waals surface area contributed by atoms with Gasteiger partial charge in [-0.15, -0.1) is 0 Å². The van der Waals surface area contributed by atoms with Crippen molar-refractivity contribution in [2.75, 3.05) is 11.6 Å². The monoisotopic (exact) mass is 300 g/mol. The first-order chi connectivity index (χ1) is 9.93. The largest absolute Gasteiger partial charge is 0.376 e. The van der Waals surface area contributed by atoms with Crippen LogP contribution in [0, 0.1) is 0 Å². The molecule has 1 atom stereocenters. The predicted molar refractivity (Wildman–Crippen MR) is 86.2 cm³/mol. The Kier molecular flexibility index (Phi) is 3.29. The van der Waals surface area contributed by atoms with Crippen LogP contribution in [0.25, 0.3) is 11.1 Å². The van der Waals surface area contributed by atoms with E-state index < -0.39 is 9.84 Å². The second-order valence-corrected chi connectivity index (χ2v) is 7.26. The van der Waals surface area contributed by atoms with Gasteiger partial charge in [0.1, 0.15) is 0 Å². The van der Waals surface area contributed by atoms with Crippen molar-refractivity contribution < 1.29 is 8.42 Å². The normalized spacial score (nSPS) is 17.1. The van der Waals surface area contributed by atoms with E-state index in [-0.39, 0.29) is 6.04 Å². The molecule has 0 radical (unpaired) electrons. The van der Waals surface area contributed by atoms with Crippen LogP contribution in [-0.4, -0.2) is 26.9 Å². The first kappa shape index (κ1) is 13.8. The number of nitrogens with zero attached hydrogens (tertiary/aromatic N) is 1. The molecule has 0 fully saturated rings. The highest BCUT2D eigenvalue weighted by atomic mass is 32.2. The molecule has 2 aromatic rings. The van der Waals surface area contributed by atoms with Gasteiger partial charge in [0.05, 0.1) is 22.3 Å². The number of sulfone groups is 1. The molecule has 0 bridgehead atoms. The molecule has 0 spiro atoms. The zero-order valence-electron chi connectivity index (χ0n) is 11.9. The third kappa shape index (κ3) is 2.83. The predicted octanol–water partition coefficient (Wildman–Crippen LogP) is 3.27. The molecule has 0 saturated carbocycles. The first-order valence-electron chi connectivity index (χ1n) is 6.69. The van der Waals surface area contributed by atoms with Crippen molar-refractivity contribution in [3.63, 3.8) is 0 Å². The third-order valence-electron chi connectivity index (χ3n) is 3.43. The van der Waals surface area contributed by atoms with Gasteiger partial charge in [-0.1, -0.05) is 18.2 Å². The Bertz CT molecular complexity index is 809. The zero-order chi connectivity index (χ0) is 15.0. The molecule has 21 heavy (non-hydrogen) atoms. The molecule has 2 aromatic carbocycles. The number of hydrogen-bond donors (Lipinski definition) is 1. The van der Waals surface area contributed by atoms with E-state index in [2.05, 4.69) is 10.3 Å². The lowest BCUT2D eigenvalue weighted by molar-refractivity contribution is 0.602. The van der Waals surface area contributed by atoms with Crippen LogP contribution in [0.3, 0.4) is 0 Å². The molecule has 5 heteroatoms. The molecule has 0 amide bonds. The highest BCUT2D eigenvalue weighted by Gasteiger charge is 2.11. The lowest BCUT2D eigenvalue weighted by atomic mass is 10.0. The third-order valence-corrected chi connectivity index (χ3v) is 4.56. The van der Waals surface area contributed by atoms with Crippen molar-refractivity contribution in [1.29, 1.82) is 0 Å². The van der Waals surface area contributed by atoms with Gasteiger partial charge in [-0.3, -0.25) is 4.99 Å². The molecule has 3 rings (SSSR count). The number of aliphatic imine (C=N–C) groups is 1.